The third-order valence-electron chi connectivity index (χ3n) is 10.2. The largest absolute Gasteiger partial charge is 0.756 e. The molecule has 0 saturated carbocycles. The number of esters is 2. The highest BCUT2D eigenvalue weighted by atomic mass is 31.2. The predicted molar refractivity (Wildman–Crippen MR) is 236 cm³/mol. The molecule has 10 heteroatoms. The van der Waals surface area contributed by atoms with Crippen molar-refractivity contribution in [2.45, 2.75) is 219 Å². The van der Waals surface area contributed by atoms with E-state index in [1.807, 2.05) is 21.1 Å². The zero-order valence-corrected chi connectivity index (χ0v) is 38.7. The van der Waals surface area contributed by atoms with Crippen LogP contribution in [-0.2, 0) is 32.7 Å². The first kappa shape index (κ1) is 55.5. The van der Waals surface area contributed by atoms with Crippen LogP contribution in [0.5, 0.6) is 0 Å². The second kappa shape index (κ2) is 39.9. The number of phosphoric acid groups is 1. The van der Waals surface area contributed by atoms with E-state index in [0.717, 1.165) is 38.5 Å². The normalized spacial score (nSPS) is 13.7. The first-order valence-electron chi connectivity index (χ1n) is 23.5. The minimum Gasteiger partial charge on any atom is -0.756 e. The molecule has 9 nitrogen and oxygen atoms in total. The number of rotatable bonds is 43. The van der Waals surface area contributed by atoms with Crippen LogP contribution in [0.15, 0.2) is 24.3 Å². The van der Waals surface area contributed by atoms with Gasteiger partial charge in [0.1, 0.15) is 19.8 Å². The molecule has 0 saturated heterocycles. The minimum absolute atomic E-state index is 0.0361. The molecule has 0 spiro atoms. The lowest BCUT2D eigenvalue weighted by atomic mass is 10.0. The first-order valence-corrected chi connectivity index (χ1v) is 25.0. The Balaban J connectivity index is 4.36. The van der Waals surface area contributed by atoms with Crippen molar-refractivity contribution in [3.8, 4) is 0 Å². The number of allylic oxidation sites excluding steroid dienone is 4. The highest BCUT2D eigenvalue weighted by Crippen LogP contribution is 2.38. The third kappa shape index (κ3) is 43.9. The summed E-state index contributed by atoms with van der Waals surface area (Å²) in [6.45, 7) is 4.21. The van der Waals surface area contributed by atoms with Crippen molar-refractivity contribution in [2.24, 2.45) is 0 Å². The molecule has 336 valence electrons. The fourth-order valence-corrected chi connectivity index (χ4v) is 7.25. The van der Waals surface area contributed by atoms with Gasteiger partial charge in [-0.3, -0.25) is 14.2 Å². The number of carbonyl (C=O) groups is 2. The zero-order valence-electron chi connectivity index (χ0n) is 37.8. The molecule has 0 aromatic rings. The van der Waals surface area contributed by atoms with Gasteiger partial charge >= 0.3 is 11.9 Å². The maximum absolute atomic E-state index is 12.7. The van der Waals surface area contributed by atoms with E-state index in [4.69, 9.17) is 18.5 Å². The van der Waals surface area contributed by atoms with Gasteiger partial charge in [-0.15, -0.1) is 0 Å². The van der Waals surface area contributed by atoms with E-state index in [9.17, 15) is 19.0 Å². The van der Waals surface area contributed by atoms with Gasteiger partial charge in [0.25, 0.3) is 7.82 Å². The van der Waals surface area contributed by atoms with Gasteiger partial charge in [-0.25, -0.2) is 0 Å². The van der Waals surface area contributed by atoms with Crippen LogP contribution in [0.4, 0.5) is 0 Å². The summed E-state index contributed by atoms with van der Waals surface area (Å²) in [7, 11) is 1.15. The number of nitrogens with zero attached hydrogens (tertiary/aromatic N) is 1. The van der Waals surface area contributed by atoms with Gasteiger partial charge in [0.2, 0.25) is 0 Å². The maximum atomic E-state index is 12.7. The fraction of sp³-hybridized carbons (Fsp3) is 0.872. The topological polar surface area (TPSA) is 111 Å². The van der Waals surface area contributed by atoms with Crippen molar-refractivity contribution in [3.63, 3.8) is 0 Å². The fourth-order valence-electron chi connectivity index (χ4n) is 6.52. The summed E-state index contributed by atoms with van der Waals surface area (Å²) >= 11 is 0. The number of ether oxygens (including phenoxy) is 2. The average Bonchev–Trinajstić information content (AvgIpc) is 3.16. The number of quaternary nitrogens is 1. The Morgan fingerprint density at radius 1 is 0.544 bits per heavy atom. The molecule has 0 rings (SSSR count). The smallest absolute Gasteiger partial charge is 0.306 e. The molecular weight excluding hydrogens is 737 g/mol. The van der Waals surface area contributed by atoms with Gasteiger partial charge in [0.05, 0.1) is 27.7 Å². The Kier molecular flexibility index (Phi) is 38.9. The number of carbonyl (C=O) groups excluding carboxylic acids is 2. The van der Waals surface area contributed by atoms with E-state index >= 15 is 0 Å². The number of likely N-dealkylation sites (N-methyl/N-ethyl adjacent to an activating group) is 1. The molecule has 0 aromatic heterocycles. The number of hydrogen-bond acceptors (Lipinski definition) is 8. The van der Waals surface area contributed by atoms with Crippen LogP contribution in [0.1, 0.15) is 213 Å². The summed E-state index contributed by atoms with van der Waals surface area (Å²) in [6.07, 6.45) is 43.5. The molecule has 0 aliphatic heterocycles. The minimum atomic E-state index is -4.63. The summed E-state index contributed by atoms with van der Waals surface area (Å²) in [4.78, 5) is 37.6. The van der Waals surface area contributed by atoms with Crippen LogP contribution in [0.2, 0.25) is 0 Å². The lowest BCUT2D eigenvalue weighted by molar-refractivity contribution is -0.870. The maximum Gasteiger partial charge on any atom is 0.306 e. The van der Waals surface area contributed by atoms with Crippen molar-refractivity contribution >= 4 is 19.8 Å². The lowest BCUT2D eigenvalue weighted by Crippen LogP contribution is -2.37. The standard InChI is InChI=1S/C47H90NO8P/c1-6-8-10-12-14-16-18-20-22-24-26-28-30-32-34-36-38-40-47(50)56-45(44-55-57(51,52)54-42-41-48(3,4)5)43-53-46(49)39-37-35-33-31-29-27-25-23-21-19-17-15-13-11-9-7-2/h26,28,32,34,45H,6-25,27,29-31,33,35-44H2,1-5H3/b28-26+,34-32+/t45-/m1/s1. The van der Waals surface area contributed by atoms with Crippen LogP contribution in [-0.4, -0.2) is 70.0 Å². The lowest BCUT2D eigenvalue weighted by Gasteiger charge is -2.28. The van der Waals surface area contributed by atoms with Gasteiger partial charge in [0.15, 0.2) is 6.10 Å². The molecule has 1 unspecified atom stereocenters. The van der Waals surface area contributed by atoms with Crippen LogP contribution in [0.3, 0.4) is 0 Å². The van der Waals surface area contributed by atoms with E-state index in [1.54, 1.807) is 0 Å². The van der Waals surface area contributed by atoms with E-state index < -0.39 is 32.5 Å². The Labute approximate surface area is 351 Å². The Hall–Kier alpha value is -1.51. The van der Waals surface area contributed by atoms with Crippen LogP contribution in [0.25, 0.3) is 0 Å². The first-order chi connectivity index (χ1) is 27.5. The van der Waals surface area contributed by atoms with Gasteiger partial charge in [-0.2, -0.15) is 0 Å². The SMILES string of the molecule is CCCCCCCCCCC/C=C/C/C=C/CCCC(=O)O[C@H](COC(=O)CCCCCCCCCCCCCCCCCC)COP(=O)([O-])OCC[N+](C)(C)C. The molecule has 0 aromatic carbocycles. The third-order valence-corrected chi connectivity index (χ3v) is 11.2. The van der Waals surface area contributed by atoms with Gasteiger partial charge in [-0.05, 0) is 38.5 Å². The van der Waals surface area contributed by atoms with Crippen molar-refractivity contribution in [1.82, 2.24) is 0 Å². The number of phosphoric ester groups is 1. The average molecular weight is 828 g/mol. The summed E-state index contributed by atoms with van der Waals surface area (Å²) in [5.74, 6) is -0.878. The molecule has 57 heavy (non-hydrogen) atoms. The molecule has 0 radical (unpaired) electrons. The molecule has 0 fully saturated rings. The van der Waals surface area contributed by atoms with Crippen molar-refractivity contribution < 1.29 is 42.1 Å². The summed E-state index contributed by atoms with van der Waals surface area (Å²) in [5.41, 5.74) is 0. The Morgan fingerprint density at radius 2 is 0.965 bits per heavy atom. The van der Waals surface area contributed by atoms with Crippen molar-refractivity contribution in [1.29, 1.82) is 0 Å². The number of unbranched alkanes of at least 4 members (excludes halogenated alkanes) is 25. The summed E-state index contributed by atoms with van der Waals surface area (Å²) in [6, 6.07) is 0. The highest BCUT2D eigenvalue weighted by Gasteiger charge is 2.21. The van der Waals surface area contributed by atoms with E-state index in [2.05, 4.69) is 38.2 Å². The van der Waals surface area contributed by atoms with E-state index in [-0.39, 0.29) is 26.1 Å². The highest BCUT2D eigenvalue weighted by molar-refractivity contribution is 7.45. The summed E-state index contributed by atoms with van der Waals surface area (Å²) in [5, 5.41) is 0. The Morgan fingerprint density at radius 3 is 1.44 bits per heavy atom. The van der Waals surface area contributed by atoms with Gasteiger partial charge in [-0.1, -0.05) is 186 Å². The molecule has 0 aliphatic carbocycles. The molecule has 0 N–H and O–H groups in total. The number of hydrogen-bond donors (Lipinski definition) is 0. The van der Waals surface area contributed by atoms with Crippen LogP contribution < -0.4 is 4.89 Å². The van der Waals surface area contributed by atoms with Crippen LogP contribution >= 0.6 is 7.82 Å². The molecular formula is C47H90NO8P. The summed E-state index contributed by atoms with van der Waals surface area (Å²) < 4.78 is 33.9. The van der Waals surface area contributed by atoms with E-state index in [0.29, 0.717) is 17.4 Å². The predicted octanol–water partition coefficient (Wildman–Crippen LogP) is 12.9. The quantitative estimate of drug-likeness (QED) is 0.0196. The van der Waals surface area contributed by atoms with Crippen molar-refractivity contribution in [2.75, 3.05) is 47.5 Å². The molecule has 0 amide bonds. The molecule has 2 atom stereocenters. The second-order valence-corrected chi connectivity index (χ2v) is 18.5. The van der Waals surface area contributed by atoms with Crippen molar-refractivity contribution in [3.05, 3.63) is 24.3 Å². The van der Waals surface area contributed by atoms with Crippen LogP contribution in [0, 0.1) is 0 Å². The van der Waals surface area contributed by atoms with E-state index in [1.165, 1.54) is 141 Å². The second-order valence-electron chi connectivity index (χ2n) is 17.1. The molecule has 0 bridgehead atoms. The van der Waals surface area contributed by atoms with Gasteiger partial charge in [0, 0.05) is 12.8 Å². The zero-order chi connectivity index (χ0) is 42.1. The monoisotopic (exact) mass is 828 g/mol. The van der Waals surface area contributed by atoms with Gasteiger partial charge < -0.3 is 27.9 Å². The molecule has 0 heterocycles. The Bertz CT molecular complexity index is 1030. The molecule has 0 aliphatic rings.